The van der Waals surface area contributed by atoms with E-state index in [-0.39, 0.29) is 25.2 Å². The topological polar surface area (TPSA) is 90.2 Å². The van der Waals surface area contributed by atoms with Crippen LogP contribution in [0, 0.1) is 11.3 Å². The fraction of sp³-hybridized carbons (Fsp3) is 0.250. The van der Waals surface area contributed by atoms with Crippen LogP contribution in [0.2, 0.25) is 0 Å². The van der Waals surface area contributed by atoms with Crippen molar-refractivity contribution in [3.63, 3.8) is 0 Å². The number of halogens is 1. The lowest BCUT2D eigenvalue weighted by Gasteiger charge is -2.06. The number of carbonyl (C=O) groups is 2. The van der Waals surface area contributed by atoms with Crippen LogP contribution in [0.4, 0.5) is 5.69 Å². The molecule has 1 aromatic carbocycles. The number of hydrogen-bond donors (Lipinski definition) is 2. The Kier molecular flexibility index (Phi) is 5.33. The van der Waals surface area contributed by atoms with Gasteiger partial charge in [0.05, 0.1) is 11.3 Å². The fourth-order valence-electron chi connectivity index (χ4n) is 1.33. The molecule has 1 rings (SSSR count). The summed E-state index contributed by atoms with van der Waals surface area (Å²) in [6.45, 7) is 0. The number of aliphatic carboxylic acids is 1. The molecule has 0 aliphatic carbocycles. The van der Waals surface area contributed by atoms with Crippen molar-refractivity contribution in [2.24, 2.45) is 0 Å². The lowest BCUT2D eigenvalue weighted by atomic mass is 10.2. The number of nitrogens with one attached hydrogen (secondary N) is 1. The summed E-state index contributed by atoms with van der Waals surface area (Å²) >= 11 is 3.23. The Morgan fingerprint density at radius 3 is 2.72 bits per heavy atom. The SMILES string of the molecule is N#Cc1cc(Br)ccc1NC(=O)CCCC(=O)O. The van der Waals surface area contributed by atoms with E-state index in [1.54, 1.807) is 18.2 Å². The molecule has 1 aromatic rings. The third kappa shape index (κ3) is 4.55. The first kappa shape index (κ1) is 14.2. The Hall–Kier alpha value is -1.87. The Balaban J connectivity index is 2.59. The van der Waals surface area contributed by atoms with Crippen LogP contribution in [0.1, 0.15) is 24.8 Å². The number of carbonyl (C=O) groups excluding carboxylic acids is 1. The minimum atomic E-state index is -0.927. The molecule has 0 radical (unpaired) electrons. The first-order valence-corrected chi connectivity index (χ1v) is 6.03. The molecule has 0 fully saturated rings. The van der Waals surface area contributed by atoms with Crippen molar-refractivity contribution < 1.29 is 14.7 Å². The van der Waals surface area contributed by atoms with Gasteiger partial charge in [-0.3, -0.25) is 9.59 Å². The third-order valence-electron chi connectivity index (χ3n) is 2.17. The van der Waals surface area contributed by atoms with Crippen molar-refractivity contribution >= 4 is 33.5 Å². The predicted octanol–water partition coefficient (Wildman–Crippen LogP) is 2.51. The van der Waals surface area contributed by atoms with E-state index < -0.39 is 5.97 Å². The van der Waals surface area contributed by atoms with Crippen LogP contribution in [0.25, 0.3) is 0 Å². The van der Waals surface area contributed by atoms with Gasteiger partial charge >= 0.3 is 5.97 Å². The molecule has 0 bridgehead atoms. The van der Waals surface area contributed by atoms with Gasteiger partial charge in [0.2, 0.25) is 5.91 Å². The van der Waals surface area contributed by atoms with Gasteiger partial charge in [0.25, 0.3) is 0 Å². The second kappa shape index (κ2) is 6.77. The zero-order valence-electron chi connectivity index (χ0n) is 9.44. The molecule has 0 spiro atoms. The maximum atomic E-state index is 11.5. The summed E-state index contributed by atoms with van der Waals surface area (Å²) in [6.07, 6.45) is 0.353. The normalized spacial score (nSPS) is 9.56. The second-order valence-electron chi connectivity index (χ2n) is 3.60. The first-order chi connectivity index (χ1) is 8.52. The van der Waals surface area contributed by atoms with Gasteiger partial charge in [-0.2, -0.15) is 5.26 Å². The highest BCUT2D eigenvalue weighted by Crippen LogP contribution is 2.20. The lowest BCUT2D eigenvalue weighted by molar-refractivity contribution is -0.137. The molecule has 0 aliphatic heterocycles. The number of carboxylic acid groups (broad SMARTS) is 1. The van der Waals surface area contributed by atoms with E-state index in [1.165, 1.54) is 0 Å². The molecule has 2 N–H and O–H groups in total. The van der Waals surface area contributed by atoms with Crippen molar-refractivity contribution in [2.45, 2.75) is 19.3 Å². The van der Waals surface area contributed by atoms with Gasteiger partial charge in [0, 0.05) is 17.3 Å². The van der Waals surface area contributed by atoms with Gasteiger partial charge < -0.3 is 10.4 Å². The van der Waals surface area contributed by atoms with E-state index in [0.29, 0.717) is 11.3 Å². The summed E-state index contributed by atoms with van der Waals surface area (Å²) in [4.78, 5) is 21.8. The van der Waals surface area contributed by atoms with Crippen molar-refractivity contribution in [3.8, 4) is 6.07 Å². The van der Waals surface area contributed by atoms with Gasteiger partial charge in [-0.15, -0.1) is 0 Å². The van der Waals surface area contributed by atoms with Crippen LogP contribution in [0.5, 0.6) is 0 Å². The van der Waals surface area contributed by atoms with E-state index in [0.717, 1.165) is 4.47 Å². The van der Waals surface area contributed by atoms with E-state index in [4.69, 9.17) is 10.4 Å². The van der Waals surface area contributed by atoms with Gasteiger partial charge in [-0.1, -0.05) is 15.9 Å². The van der Waals surface area contributed by atoms with E-state index in [1.807, 2.05) is 6.07 Å². The minimum Gasteiger partial charge on any atom is -0.481 e. The van der Waals surface area contributed by atoms with Gasteiger partial charge in [0.15, 0.2) is 0 Å². The minimum absolute atomic E-state index is 0.0428. The van der Waals surface area contributed by atoms with E-state index in [2.05, 4.69) is 21.2 Å². The highest BCUT2D eigenvalue weighted by atomic mass is 79.9. The summed E-state index contributed by atoms with van der Waals surface area (Å²) in [7, 11) is 0. The number of anilines is 1. The van der Waals surface area contributed by atoms with Crippen molar-refractivity contribution in [1.82, 2.24) is 0 Å². The number of benzene rings is 1. The Labute approximate surface area is 113 Å². The highest BCUT2D eigenvalue weighted by Gasteiger charge is 2.08. The summed E-state index contributed by atoms with van der Waals surface area (Å²) in [5.41, 5.74) is 0.789. The van der Waals surface area contributed by atoms with Crippen LogP contribution < -0.4 is 5.32 Å². The van der Waals surface area contributed by atoms with Crippen LogP contribution in [0.3, 0.4) is 0 Å². The standard InChI is InChI=1S/C12H11BrN2O3/c13-9-4-5-10(8(6-9)7-14)15-11(16)2-1-3-12(17)18/h4-6H,1-3H2,(H,15,16)(H,17,18). The fourth-order valence-corrected chi connectivity index (χ4v) is 1.69. The predicted molar refractivity (Wildman–Crippen MR) is 69.0 cm³/mol. The number of carboxylic acids is 1. The molecule has 0 aromatic heterocycles. The average Bonchev–Trinajstić information content (AvgIpc) is 2.31. The van der Waals surface area contributed by atoms with Crippen LogP contribution in [0.15, 0.2) is 22.7 Å². The molecule has 0 saturated carbocycles. The second-order valence-corrected chi connectivity index (χ2v) is 4.51. The average molecular weight is 311 g/mol. The van der Waals surface area contributed by atoms with Gasteiger partial charge in [-0.05, 0) is 24.6 Å². The monoisotopic (exact) mass is 310 g/mol. The number of rotatable bonds is 5. The molecular formula is C12H11BrN2O3. The number of nitriles is 1. The quantitative estimate of drug-likeness (QED) is 0.874. The lowest BCUT2D eigenvalue weighted by Crippen LogP contribution is -2.12. The zero-order valence-corrected chi connectivity index (χ0v) is 11.0. The molecule has 18 heavy (non-hydrogen) atoms. The highest BCUT2D eigenvalue weighted by molar-refractivity contribution is 9.10. The number of nitrogens with zero attached hydrogens (tertiary/aromatic N) is 1. The molecule has 94 valence electrons. The first-order valence-electron chi connectivity index (χ1n) is 5.24. The van der Waals surface area contributed by atoms with Gasteiger partial charge in [-0.25, -0.2) is 0 Å². The zero-order chi connectivity index (χ0) is 13.5. The third-order valence-corrected chi connectivity index (χ3v) is 2.66. The van der Waals surface area contributed by atoms with Crippen molar-refractivity contribution in [1.29, 1.82) is 5.26 Å². The molecular weight excluding hydrogens is 300 g/mol. The number of hydrogen-bond acceptors (Lipinski definition) is 3. The van der Waals surface area contributed by atoms with Crippen LogP contribution in [-0.4, -0.2) is 17.0 Å². The van der Waals surface area contributed by atoms with E-state index >= 15 is 0 Å². The molecule has 0 heterocycles. The molecule has 0 atom stereocenters. The van der Waals surface area contributed by atoms with Crippen molar-refractivity contribution in [2.75, 3.05) is 5.32 Å². The van der Waals surface area contributed by atoms with Crippen LogP contribution in [-0.2, 0) is 9.59 Å². The summed E-state index contributed by atoms with van der Waals surface area (Å²) < 4.78 is 0.753. The van der Waals surface area contributed by atoms with Crippen molar-refractivity contribution in [3.05, 3.63) is 28.2 Å². The molecule has 0 aliphatic rings. The largest absolute Gasteiger partial charge is 0.481 e. The summed E-state index contributed by atoms with van der Waals surface area (Å²) in [6, 6.07) is 6.92. The number of amides is 1. The Bertz CT molecular complexity index is 509. The Morgan fingerprint density at radius 1 is 1.39 bits per heavy atom. The molecule has 0 saturated heterocycles. The molecule has 0 unspecified atom stereocenters. The maximum absolute atomic E-state index is 11.5. The Morgan fingerprint density at radius 2 is 2.11 bits per heavy atom. The van der Waals surface area contributed by atoms with Gasteiger partial charge in [0.1, 0.15) is 6.07 Å². The van der Waals surface area contributed by atoms with E-state index in [9.17, 15) is 9.59 Å². The van der Waals surface area contributed by atoms with Crippen LogP contribution >= 0.6 is 15.9 Å². The molecule has 5 nitrogen and oxygen atoms in total. The smallest absolute Gasteiger partial charge is 0.303 e. The summed E-state index contributed by atoms with van der Waals surface area (Å²) in [5, 5.41) is 19.9. The maximum Gasteiger partial charge on any atom is 0.303 e. The summed E-state index contributed by atoms with van der Waals surface area (Å²) in [5.74, 6) is -1.22. The molecule has 6 heteroatoms. The molecule has 1 amide bonds.